The van der Waals surface area contributed by atoms with E-state index in [1.165, 1.54) is 0 Å². The average molecular weight is 378 g/mol. The molecule has 0 bridgehead atoms. The van der Waals surface area contributed by atoms with Gasteiger partial charge in [0.2, 0.25) is 5.91 Å². The Morgan fingerprint density at radius 3 is 2.75 bits per heavy atom. The van der Waals surface area contributed by atoms with Crippen LogP contribution < -0.4 is 0 Å². The summed E-state index contributed by atoms with van der Waals surface area (Å²) in [5.74, 6) is 0.991. The van der Waals surface area contributed by atoms with E-state index in [1.54, 1.807) is 6.33 Å². The van der Waals surface area contributed by atoms with E-state index in [4.69, 9.17) is 0 Å². The van der Waals surface area contributed by atoms with E-state index in [9.17, 15) is 4.79 Å². The highest BCUT2D eigenvalue weighted by Gasteiger charge is 2.31. The van der Waals surface area contributed by atoms with Crippen LogP contribution in [0.25, 0.3) is 5.69 Å². The minimum absolute atomic E-state index is 0.0376. The van der Waals surface area contributed by atoms with Crippen LogP contribution in [-0.2, 0) is 11.3 Å². The molecule has 2 aromatic heterocycles. The summed E-state index contributed by atoms with van der Waals surface area (Å²) in [4.78, 5) is 15.1. The topological polar surface area (TPSA) is 68.8 Å². The van der Waals surface area contributed by atoms with Gasteiger partial charge in [-0.05, 0) is 51.3 Å². The molecule has 1 amide bonds. The number of nitrogens with zero attached hydrogens (tertiary/aromatic N) is 6. The van der Waals surface area contributed by atoms with Gasteiger partial charge < -0.3 is 4.90 Å². The zero-order chi connectivity index (χ0) is 19.5. The number of hydrogen-bond donors (Lipinski definition) is 0. The molecular formula is C21H26N6O. The largest absolute Gasteiger partial charge is 0.332 e. The third-order valence-electron chi connectivity index (χ3n) is 5.37. The molecule has 3 aromatic rings. The molecule has 4 rings (SSSR count). The molecule has 0 aliphatic carbocycles. The van der Waals surface area contributed by atoms with Crippen LogP contribution in [0, 0.1) is 13.8 Å². The maximum atomic E-state index is 13.1. The summed E-state index contributed by atoms with van der Waals surface area (Å²) in [6.45, 7) is 5.37. The van der Waals surface area contributed by atoms with Crippen LogP contribution in [0.1, 0.15) is 48.9 Å². The number of aryl methyl sites for hydroxylation is 3. The molecule has 146 valence electrons. The van der Waals surface area contributed by atoms with E-state index in [2.05, 4.69) is 15.3 Å². The van der Waals surface area contributed by atoms with Gasteiger partial charge in [0.15, 0.2) is 5.82 Å². The van der Waals surface area contributed by atoms with Gasteiger partial charge in [-0.15, -0.1) is 10.2 Å². The zero-order valence-corrected chi connectivity index (χ0v) is 16.5. The molecule has 7 heteroatoms. The van der Waals surface area contributed by atoms with E-state index < -0.39 is 0 Å². The smallest absolute Gasteiger partial charge is 0.225 e. The summed E-state index contributed by atoms with van der Waals surface area (Å²) in [6, 6.07) is 12.0. The van der Waals surface area contributed by atoms with Gasteiger partial charge in [-0.3, -0.25) is 14.0 Å². The van der Waals surface area contributed by atoms with Crippen LogP contribution in [-0.4, -0.2) is 41.9 Å². The number of carbonyl (C=O) groups excluding carboxylic acids is 1. The number of likely N-dealkylation sites (tertiary alicyclic amines) is 1. The molecule has 1 fully saturated rings. The molecule has 1 unspecified atom stereocenters. The zero-order valence-electron chi connectivity index (χ0n) is 16.5. The van der Waals surface area contributed by atoms with Gasteiger partial charge in [0.1, 0.15) is 6.33 Å². The van der Waals surface area contributed by atoms with Gasteiger partial charge in [0.25, 0.3) is 0 Å². The minimum atomic E-state index is -0.0376. The second kappa shape index (κ2) is 7.96. The first-order valence-corrected chi connectivity index (χ1v) is 9.89. The molecule has 3 heterocycles. The second-order valence-corrected chi connectivity index (χ2v) is 7.39. The summed E-state index contributed by atoms with van der Waals surface area (Å²) < 4.78 is 3.91. The highest BCUT2D eigenvalue weighted by molar-refractivity contribution is 5.76. The normalized spacial score (nSPS) is 17.1. The van der Waals surface area contributed by atoms with Crippen molar-refractivity contribution in [2.75, 3.05) is 6.54 Å². The van der Waals surface area contributed by atoms with Gasteiger partial charge in [0.05, 0.1) is 11.7 Å². The second-order valence-electron chi connectivity index (χ2n) is 7.39. The predicted octanol–water partition coefficient (Wildman–Crippen LogP) is 3.22. The van der Waals surface area contributed by atoms with Crippen LogP contribution in [0.2, 0.25) is 0 Å². The van der Waals surface area contributed by atoms with Gasteiger partial charge in [-0.2, -0.15) is 5.10 Å². The number of hydrogen-bond acceptors (Lipinski definition) is 4. The first-order valence-electron chi connectivity index (χ1n) is 9.89. The maximum Gasteiger partial charge on any atom is 0.225 e. The van der Waals surface area contributed by atoms with Crippen molar-refractivity contribution in [1.29, 1.82) is 0 Å². The first kappa shape index (κ1) is 18.4. The van der Waals surface area contributed by atoms with Crippen LogP contribution in [0.4, 0.5) is 0 Å². The van der Waals surface area contributed by atoms with Crippen LogP contribution in [0.15, 0.2) is 42.7 Å². The summed E-state index contributed by atoms with van der Waals surface area (Å²) in [5.41, 5.74) is 3.09. The molecule has 1 atom stereocenters. The van der Waals surface area contributed by atoms with E-state index in [-0.39, 0.29) is 11.9 Å². The predicted molar refractivity (Wildman–Crippen MR) is 106 cm³/mol. The lowest BCUT2D eigenvalue weighted by Gasteiger charge is -2.35. The van der Waals surface area contributed by atoms with Crippen LogP contribution in [0.3, 0.4) is 0 Å². The van der Waals surface area contributed by atoms with Crippen molar-refractivity contribution in [3.63, 3.8) is 0 Å². The van der Waals surface area contributed by atoms with Crippen LogP contribution >= 0.6 is 0 Å². The number of para-hydroxylation sites is 1. The van der Waals surface area contributed by atoms with Gasteiger partial charge in [-0.25, -0.2) is 0 Å². The molecule has 1 aliphatic heterocycles. The Bertz CT molecular complexity index is 945. The van der Waals surface area contributed by atoms with Crippen molar-refractivity contribution in [3.8, 4) is 5.69 Å². The molecule has 28 heavy (non-hydrogen) atoms. The molecule has 0 radical (unpaired) electrons. The molecule has 1 aliphatic rings. The van der Waals surface area contributed by atoms with Crippen molar-refractivity contribution in [3.05, 3.63) is 59.9 Å². The molecule has 0 spiro atoms. The molecule has 0 saturated carbocycles. The van der Waals surface area contributed by atoms with Crippen LogP contribution in [0.5, 0.6) is 0 Å². The van der Waals surface area contributed by atoms with E-state index in [1.807, 2.05) is 64.4 Å². The minimum Gasteiger partial charge on any atom is -0.332 e. The van der Waals surface area contributed by atoms with Gasteiger partial charge in [-0.1, -0.05) is 18.2 Å². The third kappa shape index (κ3) is 3.69. The molecule has 1 aromatic carbocycles. The van der Waals surface area contributed by atoms with Crippen molar-refractivity contribution >= 4 is 5.91 Å². The number of benzene rings is 1. The van der Waals surface area contributed by atoms with E-state index >= 15 is 0 Å². The summed E-state index contributed by atoms with van der Waals surface area (Å²) in [7, 11) is 0. The molecule has 1 saturated heterocycles. The monoisotopic (exact) mass is 378 g/mol. The van der Waals surface area contributed by atoms with Crippen molar-refractivity contribution < 1.29 is 4.79 Å². The average Bonchev–Trinajstić information content (AvgIpc) is 3.33. The Morgan fingerprint density at radius 1 is 1.18 bits per heavy atom. The fourth-order valence-corrected chi connectivity index (χ4v) is 4.00. The Hall–Kier alpha value is -2.96. The van der Waals surface area contributed by atoms with Gasteiger partial charge in [0, 0.05) is 30.9 Å². The quantitative estimate of drug-likeness (QED) is 0.684. The molecule has 0 N–H and O–H groups in total. The highest BCUT2D eigenvalue weighted by Crippen LogP contribution is 2.31. The highest BCUT2D eigenvalue weighted by atomic mass is 16.2. The third-order valence-corrected chi connectivity index (χ3v) is 5.37. The Morgan fingerprint density at radius 2 is 2.00 bits per heavy atom. The first-order chi connectivity index (χ1) is 13.6. The summed E-state index contributed by atoms with van der Waals surface area (Å²) in [5, 5.41) is 13.0. The summed E-state index contributed by atoms with van der Waals surface area (Å²) >= 11 is 0. The Balaban J connectivity index is 1.53. The number of aromatic nitrogens is 5. The number of piperidine rings is 1. The lowest BCUT2D eigenvalue weighted by atomic mass is 10.0. The lowest BCUT2D eigenvalue weighted by Crippen LogP contribution is -2.40. The summed E-state index contributed by atoms with van der Waals surface area (Å²) in [6.07, 6.45) is 5.21. The molecular weight excluding hydrogens is 352 g/mol. The Kier molecular flexibility index (Phi) is 5.23. The SMILES string of the molecule is Cc1cc(C)n(CCC(=O)N2CCCCC2c2nncn2-c2ccccc2)n1. The molecule has 7 nitrogen and oxygen atoms in total. The van der Waals surface area contributed by atoms with E-state index in [0.29, 0.717) is 13.0 Å². The van der Waals surface area contributed by atoms with Crippen molar-refractivity contribution in [2.45, 2.75) is 52.1 Å². The number of carbonyl (C=O) groups is 1. The number of rotatable bonds is 5. The lowest BCUT2D eigenvalue weighted by molar-refractivity contribution is -0.135. The standard InChI is InChI=1S/C21H26N6O/c1-16-14-17(2)27(24-16)13-11-20(28)25-12-7-6-10-19(25)21-23-22-15-26(21)18-8-4-3-5-9-18/h3-5,8-9,14-15,19H,6-7,10-13H2,1-2H3. The Labute approximate surface area is 165 Å². The fourth-order valence-electron chi connectivity index (χ4n) is 4.00. The van der Waals surface area contributed by atoms with Crippen molar-refractivity contribution in [2.24, 2.45) is 0 Å². The fraction of sp³-hybridized carbons (Fsp3) is 0.429. The number of amides is 1. The van der Waals surface area contributed by atoms with Crippen molar-refractivity contribution in [1.82, 2.24) is 29.4 Å². The van der Waals surface area contributed by atoms with E-state index in [0.717, 1.165) is 48.7 Å². The maximum absolute atomic E-state index is 13.1. The van der Waals surface area contributed by atoms with Gasteiger partial charge >= 0.3 is 0 Å².